The Labute approximate surface area is 289 Å². The zero-order valence-corrected chi connectivity index (χ0v) is 30.8. The Bertz CT molecular complexity index is 815. The second-order valence-corrected chi connectivity index (χ2v) is 12.8. The third kappa shape index (κ3) is 34.8. The van der Waals surface area contributed by atoms with Crippen LogP contribution in [0.1, 0.15) is 188 Å². The highest BCUT2D eigenvalue weighted by atomic mass is 16.6. The lowest BCUT2D eigenvalue weighted by Gasteiger charge is -2.18. The van der Waals surface area contributed by atoms with Crippen molar-refractivity contribution in [3.8, 4) is 0 Å². The van der Waals surface area contributed by atoms with Gasteiger partial charge in [0.25, 0.3) is 0 Å². The van der Waals surface area contributed by atoms with Crippen LogP contribution < -0.4 is 0 Å². The normalized spacial score (nSPS) is 12.3. The molecule has 0 bridgehead atoms. The first-order valence-electron chi connectivity index (χ1n) is 19.5. The fraction of sp³-hybridized carbons (Fsp3) is 0.780. The van der Waals surface area contributed by atoms with Crippen molar-refractivity contribution in [1.82, 2.24) is 0 Å². The van der Waals surface area contributed by atoms with Crippen molar-refractivity contribution in [2.45, 2.75) is 194 Å². The third-order valence-corrected chi connectivity index (χ3v) is 8.13. The molecule has 47 heavy (non-hydrogen) atoms. The minimum Gasteiger partial charge on any atom is -0.462 e. The van der Waals surface area contributed by atoms with Crippen LogP contribution in [0, 0.1) is 0 Å². The highest BCUT2D eigenvalue weighted by Crippen LogP contribution is 2.13. The summed E-state index contributed by atoms with van der Waals surface area (Å²) in [4.78, 5) is 37.3. The van der Waals surface area contributed by atoms with Gasteiger partial charge in [-0.15, -0.1) is 0 Å². The number of hydrogen-bond donors (Lipinski definition) is 0. The number of allylic oxidation sites excluding steroid dienone is 6. The van der Waals surface area contributed by atoms with Crippen LogP contribution in [0.15, 0.2) is 36.5 Å². The van der Waals surface area contributed by atoms with E-state index in [1.165, 1.54) is 70.6 Å². The van der Waals surface area contributed by atoms with Gasteiger partial charge >= 0.3 is 17.9 Å². The van der Waals surface area contributed by atoms with Crippen LogP contribution in [-0.2, 0) is 28.6 Å². The molecule has 1 unspecified atom stereocenters. The summed E-state index contributed by atoms with van der Waals surface area (Å²) in [5.41, 5.74) is 0. The molecule has 1 atom stereocenters. The first kappa shape index (κ1) is 44.6. The molecule has 272 valence electrons. The molecule has 0 aliphatic carbocycles. The summed E-state index contributed by atoms with van der Waals surface area (Å²) in [6.07, 6.45) is 38.5. The Morgan fingerprint density at radius 2 is 0.851 bits per heavy atom. The van der Waals surface area contributed by atoms with E-state index < -0.39 is 6.10 Å². The van der Waals surface area contributed by atoms with Crippen LogP contribution in [0.5, 0.6) is 0 Å². The van der Waals surface area contributed by atoms with Crippen LogP contribution in [-0.4, -0.2) is 37.2 Å². The van der Waals surface area contributed by atoms with Crippen molar-refractivity contribution < 1.29 is 28.6 Å². The van der Waals surface area contributed by atoms with Crippen molar-refractivity contribution in [3.05, 3.63) is 36.5 Å². The number of esters is 3. The Morgan fingerprint density at radius 3 is 1.40 bits per heavy atom. The molecular weight excluding hydrogens is 588 g/mol. The van der Waals surface area contributed by atoms with Crippen LogP contribution in [0.2, 0.25) is 0 Å². The molecule has 6 nitrogen and oxygen atoms in total. The molecule has 0 saturated heterocycles. The smallest absolute Gasteiger partial charge is 0.306 e. The van der Waals surface area contributed by atoms with Gasteiger partial charge in [-0.2, -0.15) is 0 Å². The topological polar surface area (TPSA) is 78.9 Å². The van der Waals surface area contributed by atoms with Gasteiger partial charge < -0.3 is 14.2 Å². The zero-order chi connectivity index (χ0) is 34.5. The van der Waals surface area contributed by atoms with Gasteiger partial charge in [0.05, 0.1) is 0 Å². The van der Waals surface area contributed by atoms with E-state index in [2.05, 4.69) is 57.2 Å². The van der Waals surface area contributed by atoms with Gasteiger partial charge in [0.2, 0.25) is 0 Å². The lowest BCUT2D eigenvalue weighted by Crippen LogP contribution is -2.30. The molecule has 0 fully saturated rings. The number of carbonyl (C=O) groups is 3. The van der Waals surface area contributed by atoms with Gasteiger partial charge in [-0.1, -0.05) is 141 Å². The average molecular weight is 661 g/mol. The maximum Gasteiger partial charge on any atom is 0.306 e. The monoisotopic (exact) mass is 661 g/mol. The number of ether oxygens (including phenoxy) is 3. The summed E-state index contributed by atoms with van der Waals surface area (Å²) < 4.78 is 16.5. The van der Waals surface area contributed by atoms with Gasteiger partial charge in [-0.3, -0.25) is 14.4 Å². The summed E-state index contributed by atoms with van der Waals surface area (Å²) in [5.74, 6) is -0.945. The minimum absolute atomic E-state index is 0.0871. The van der Waals surface area contributed by atoms with Crippen molar-refractivity contribution in [2.75, 3.05) is 13.2 Å². The molecule has 0 aromatic rings. The van der Waals surface area contributed by atoms with E-state index in [1.54, 1.807) is 0 Å². The maximum atomic E-state index is 12.6. The molecule has 0 heterocycles. The molecule has 0 saturated carbocycles. The molecule has 0 aliphatic rings. The van der Waals surface area contributed by atoms with Crippen LogP contribution >= 0.6 is 0 Å². The van der Waals surface area contributed by atoms with Gasteiger partial charge in [-0.05, 0) is 64.2 Å². The molecule has 6 heteroatoms. The Kier molecular flexibility index (Phi) is 34.6. The van der Waals surface area contributed by atoms with E-state index >= 15 is 0 Å². The van der Waals surface area contributed by atoms with E-state index in [4.69, 9.17) is 14.2 Å². The fourth-order valence-electron chi connectivity index (χ4n) is 5.16. The first-order chi connectivity index (χ1) is 23.0. The van der Waals surface area contributed by atoms with Gasteiger partial charge in [0.15, 0.2) is 6.10 Å². The third-order valence-electron chi connectivity index (χ3n) is 8.13. The first-order valence-corrected chi connectivity index (χ1v) is 19.5. The van der Waals surface area contributed by atoms with Gasteiger partial charge in [0.1, 0.15) is 13.2 Å². The Balaban J connectivity index is 4.41. The molecule has 0 aliphatic heterocycles. The molecule has 0 aromatic carbocycles. The number of rotatable bonds is 34. The zero-order valence-electron chi connectivity index (χ0n) is 30.8. The summed E-state index contributed by atoms with van der Waals surface area (Å²) in [6, 6.07) is 0. The largest absolute Gasteiger partial charge is 0.462 e. The molecular formula is C41H72O6. The second kappa shape index (κ2) is 36.5. The van der Waals surface area contributed by atoms with Crippen molar-refractivity contribution >= 4 is 17.9 Å². The van der Waals surface area contributed by atoms with Crippen molar-refractivity contribution in [3.63, 3.8) is 0 Å². The summed E-state index contributed by atoms with van der Waals surface area (Å²) in [5, 5.41) is 0. The minimum atomic E-state index is -0.783. The molecule has 0 aromatic heterocycles. The molecule has 0 rings (SSSR count). The summed E-state index contributed by atoms with van der Waals surface area (Å²) in [6.45, 7) is 6.39. The highest BCUT2D eigenvalue weighted by molar-refractivity contribution is 5.71. The predicted molar refractivity (Wildman–Crippen MR) is 196 cm³/mol. The second-order valence-electron chi connectivity index (χ2n) is 12.8. The van der Waals surface area contributed by atoms with E-state index in [1.807, 2.05) is 0 Å². The highest BCUT2D eigenvalue weighted by Gasteiger charge is 2.19. The molecule has 0 spiro atoms. The van der Waals surface area contributed by atoms with Gasteiger partial charge in [-0.25, -0.2) is 0 Å². The summed E-state index contributed by atoms with van der Waals surface area (Å²) >= 11 is 0. The SMILES string of the molecule is CC/C=C\C/C=C\CCCCC(=O)OC(COC(=O)CCCCCCC/C=C\CCCC)COC(=O)CCCCCCCCCCC. The number of unbranched alkanes of at least 4 members (excludes halogenated alkanes) is 17. The Hall–Kier alpha value is -2.37. The molecule has 0 radical (unpaired) electrons. The number of carbonyl (C=O) groups excluding carboxylic acids is 3. The lowest BCUT2D eigenvalue weighted by molar-refractivity contribution is -0.167. The van der Waals surface area contributed by atoms with Crippen LogP contribution in [0.3, 0.4) is 0 Å². The predicted octanol–water partition coefficient (Wildman–Crippen LogP) is 11.9. The maximum absolute atomic E-state index is 12.6. The lowest BCUT2D eigenvalue weighted by atomic mass is 10.1. The standard InChI is InChI=1S/C41H72O6/c1-4-7-10-13-16-19-20-23-25-28-31-34-40(43)46-37-38(47-41(44)35-32-29-26-22-18-15-12-9-6-3)36-45-39(42)33-30-27-24-21-17-14-11-8-5-2/h9,12-13,16,18,22,38H,4-8,10-11,14-15,17,19-21,23-37H2,1-3H3/b12-9-,16-13-,22-18-. The van der Waals surface area contributed by atoms with E-state index in [0.717, 1.165) is 70.6 Å². The van der Waals surface area contributed by atoms with Crippen molar-refractivity contribution in [2.24, 2.45) is 0 Å². The summed E-state index contributed by atoms with van der Waals surface area (Å²) in [7, 11) is 0. The van der Waals surface area contributed by atoms with Gasteiger partial charge in [0, 0.05) is 19.3 Å². The Morgan fingerprint density at radius 1 is 0.447 bits per heavy atom. The average Bonchev–Trinajstić information content (AvgIpc) is 3.06. The number of hydrogen-bond acceptors (Lipinski definition) is 6. The van der Waals surface area contributed by atoms with Crippen LogP contribution in [0.4, 0.5) is 0 Å². The quantitative estimate of drug-likeness (QED) is 0.0296. The van der Waals surface area contributed by atoms with Crippen LogP contribution in [0.25, 0.3) is 0 Å². The fourth-order valence-corrected chi connectivity index (χ4v) is 5.16. The van der Waals surface area contributed by atoms with E-state index in [9.17, 15) is 14.4 Å². The van der Waals surface area contributed by atoms with Crippen molar-refractivity contribution in [1.29, 1.82) is 0 Å². The van der Waals surface area contributed by atoms with E-state index in [-0.39, 0.29) is 37.5 Å². The van der Waals surface area contributed by atoms with E-state index in [0.29, 0.717) is 19.3 Å². The molecule has 0 N–H and O–H groups in total. The molecule has 0 amide bonds.